The van der Waals surface area contributed by atoms with Crippen LogP contribution >= 0.6 is 27.5 Å². The second-order valence-electron chi connectivity index (χ2n) is 7.13. The number of nitriles is 1. The van der Waals surface area contributed by atoms with Crippen LogP contribution in [0.5, 0.6) is 5.75 Å². The Morgan fingerprint density at radius 3 is 2.53 bits per heavy atom. The molecule has 0 spiro atoms. The summed E-state index contributed by atoms with van der Waals surface area (Å²) < 4.78 is 6.54. The van der Waals surface area contributed by atoms with Crippen molar-refractivity contribution < 1.29 is 9.53 Å². The molecule has 1 amide bonds. The summed E-state index contributed by atoms with van der Waals surface area (Å²) in [6.07, 6.45) is 3.00. The van der Waals surface area contributed by atoms with E-state index in [-0.39, 0.29) is 5.57 Å². The number of nitrogens with zero attached hydrogens (tertiary/aromatic N) is 1. The minimum atomic E-state index is -0.482. The molecule has 3 rings (SSSR count). The van der Waals surface area contributed by atoms with Crippen molar-refractivity contribution in [3.8, 4) is 11.8 Å². The lowest BCUT2D eigenvalue weighted by atomic mass is 10.0. The van der Waals surface area contributed by atoms with E-state index in [1.807, 2.05) is 54.6 Å². The van der Waals surface area contributed by atoms with Crippen LogP contribution in [0.2, 0.25) is 5.02 Å². The van der Waals surface area contributed by atoms with Crippen molar-refractivity contribution in [1.82, 2.24) is 0 Å². The van der Waals surface area contributed by atoms with E-state index >= 15 is 0 Å². The molecule has 0 radical (unpaired) electrons. The third-order valence-corrected chi connectivity index (χ3v) is 6.13. The topological polar surface area (TPSA) is 62.1 Å². The van der Waals surface area contributed by atoms with Crippen molar-refractivity contribution in [2.75, 3.05) is 12.4 Å². The van der Waals surface area contributed by atoms with E-state index in [0.717, 1.165) is 22.0 Å². The normalized spacial score (nSPS) is 11.0. The average molecular weight is 510 g/mol. The number of carbonyl (C=O) groups excluding carboxylic acids is 1. The van der Waals surface area contributed by atoms with Crippen LogP contribution < -0.4 is 10.1 Å². The van der Waals surface area contributed by atoms with E-state index in [4.69, 9.17) is 16.3 Å². The smallest absolute Gasteiger partial charge is 0.266 e. The Hall–Kier alpha value is -3.07. The Balaban J connectivity index is 1.87. The maximum atomic E-state index is 12.6. The molecular weight excluding hydrogens is 488 g/mol. The molecule has 162 valence electrons. The third kappa shape index (κ3) is 5.79. The van der Waals surface area contributed by atoms with Gasteiger partial charge < -0.3 is 10.1 Å². The zero-order valence-corrected chi connectivity index (χ0v) is 20.1. The van der Waals surface area contributed by atoms with Crippen LogP contribution in [0.3, 0.4) is 0 Å². The van der Waals surface area contributed by atoms with Gasteiger partial charge in [0.1, 0.15) is 17.4 Å². The molecule has 0 unspecified atom stereocenters. The van der Waals surface area contributed by atoms with Crippen LogP contribution in [0, 0.1) is 11.3 Å². The molecule has 0 aliphatic heterocycles. The fourth-order valence-corrected chi connectivity index (χ4v) is 3.95. The van der Waals surface area contributed by atoms with Gasteiger partial charge in [-0.15, -0.1) is 0 Å². The molecule has 0 heterocycles. The second kappa shape index (κ2) is 11.0. The molecule has 0 atom stereocenters. The molecule has 0 aromatic heterocycles. The minimum absolute atomic E-state index is 0.0266. The highest BCUT2D eigenvalue weighted by molar-refractivity contribution is 9.10. The zero-order valence-electron chi connectivity index (χ0n) is 17.8. The number of nitrogens with one attached hydrogen (secondary N) is 1. The molecule has 0 aliphatic carbocycles. The monoisotopic (exact) mass is 508 g/mol. The molecule has 4 nitrogen and oxygen atoms in total. The van der Waals surface area contributed by atoms with Gasteiger partial charge in [-0.05, 0) is 59.5 Å². The van der Waals surface area contributed by atoms with Crippen LogP contribution in [0.15, 0.2) is 70.7 Å². The summed E-state index contributed by atoms with van der Waals surface area (Å²) >= 11 is 10.1. The number of carbonyl (C=O) groups is 1. The Morgan fingerprint density at radius 1 is 1.19 bits per heavy atom. The fraction of sp³-hybridized carbons (Fsp3) is 0.154. The number of rotatable bonds is 7. The summed E-state index contributed by atoms with van der Waals surface area (Å²) in [7, 11) is 1.57. The summed E-state index contributed by atoms with van der Waals surface area (Å²) in [6.45, 7) is 2.06. The predicted octanol–water partition coefficient (Wildman–Crippen LogP) is 6.81. The van der Waals surface area contributed by atoms with Gasteiger partial charge in [0, 0.05) is 27.2 Å². The van der Waals surface area contributed by atoms with E-state index in [9.17, 15) is 10.1 Å². The number of halogens is 2. The van der Waals surface area contributed by atoms with Crippen molar-refractivity contribution in [1.29, 1.82) is 5.26 Å². The van der Waals surface area contributed by atoms with Crippen molar-refractivity contribution >= 4 is 45.2 Å². The van der Waals surface area contributed by atoms with Gasteiger partial charge in [0.05, 0.1) is 7.11 Å². The van der Waals surface area contributed by atoms with Crippen molar-refractivity contribution in [3.63, 3.8) is 0 Å². The van der Waals surface area contributed by atoms with Crippen LogP contribution in [0.1, 0.15) is 29.2 Å². The molecule has 0 saturated carbocycles. The van der Waals surface area contributed by atoms with E-state index in [0.29, 0.717) is 28.4 Å². The molecule has 0 bridgehead atoms. The first-order valence-corrected chi connectivity index (χ1v) is 11.2. The van der Waals surface area contributed by atoms with Gasteiger partial charge in [0.25, 0.3) is 5.91 Å². The first-order valence-electron chi connectivity index (χ1n) is 10.1. The summed E-state index contributed by atoms with van der Waals surface area (Å²) in [5.41, 5.74) is 4.28. The molecule has 3 aromatic rings. The lowest BCUT2D eigenvalue weighted by Crippen LogP contribution is -2.13. The number of ether oxygens (including phenoxy) is 1. The Bertz CT molecular complexity index is 1200. The Morgan fingerprint density at radius 2 is 1.91 bits per heavy atom. The molecule has 3 aromatic carbocycles. The van der Waals surface area contributed by atoms with Crippen molar-refractivity contribution in [2.24, 2.45) is 0 Å². The van der Waals surface area contributed by atoms with Gasteiger partial charge in [0.15, 0.2) is 0 Å². The number of hydrogen-bond acceptors (Lipinski definition) is 3. The highest BCUT2D eigenvalue weighted by Crippen LogP contribution is 2.33. The van der Waals surface area contributed by atoms with E-state index in [1.54, 1.807) is 19.2 Å². The third-order valence-electron chi connectivity index (χ3n) is 5.02. The molecule has 32 heavy (non-hydrogen) atoms. The number of methoxy groups -OCH3 is 1. The first-order chi connectivity index (χ1) is 15.4. The summed E-state index contributed by atoms with van der Waals surface area (Å²) in [4.78, 5) is 12.6. The number of amides is 1. The molecule has 6 heteroatoms. The molecule has 0 saturated heterocycles. The van der Waals surface area contributed by atoms with Crippen molar-refractivity contribution in [3.05, 3.63) is 98.0 Å². The SMILES string of the molecule is CCc1ccc(NC(=O)/C(C#N)=C/c2cc(Cl)c(Cc3ccccc3Br)c(OC)c2)cc1. The summed E-state index contributed by atoms with van der Waals surface area (Å²) in [5, 5.41) is 12.8. The summed E-state index contributed by atoms with van der Waals surface area (Å²) in [6, 6.07) is 20.9. The quantitative estimate of drug-likeness (QED) is 0.281. The first kappa shape index (κ1) is 23.6. The number of benzene rings is 3. The molecular formula is C26H22BrClN2O2. The molecule has 0 aliphatic rings. The number of hydrogen-bond donors (Lipinski definition) is 1. The Labute approximate surface area is 201 Å². The molecule has 0 fully saturated rings. The van der Waals surface area contributed by atoms with Crippen LogP contribution in [-0.4, -0.2) is 13.0 Å². The highest BCUT2D eigenvalue weighted by Gasteiger charge is 2.14. The summed E-state index contributed by atoms with van der Waals surface area (Å²) in [5.74, 6) is 0.108. The highest BCUT2D eigenvalue weighted by atomic mass is 79.9. The minimum Gasteiger partial charge on any atom is -0.496 e. The van der Waals surface area contributed by atoms with E-state index in [2.05, 4.69) is 28.2 Å². The lowest BCUT2D eigenvalue weighted by molar-refractivity contribution is -0.112. The lowest BCUT2D eigenvalue weighted by Gasteiger charge is -2.13. The van der Waals surface area contributed by atoms with Gasteiger partial charge in [-0.3, -0.25) is 4.79 Å². The standard InChI is InChI=1S/C26H22BrClN2O2/c1-3-17-8-10-21(11-9-17)30-26(31)20(16-29)12-18-13-24(28)22(25(14-18)32-2)15-19-6-4-5-7-23(19)27/h4-14H,3,15H2,1-2H3,(H,30,31)/b20-12+. The van der Waals surface area contributed by atoms with Crippen molar-refractivity contribution in [2.45, 2.75) is 19.8 Å². The van der Waals surface area contributed by atoms with Gasteiger partial charge in [0.2, 0.25) is 0 Å². The van der Waals surface area contributed by atoms with Gasteiger partial charge >= 0.3 is 0 Å². The maximum Gasteiger partial charge on any atom is 0.266 e. The number of anilines is 1. The van der Waals surface area contributed by atoms with Gasteiger partial charge in [-0.1, -0.05) is 64.8 Å². The van der Waals surface area contributed by atoms with Crippen LogP contribution in [0.25, 0.3) is 6.08 Å². The van der Waals surface area contributed by atoms with Gasteiger partial charge in [-0.25, -0.2) is 0 Å². The second-order valence-corrected chi connectivity index (χ2v) is 8.39. The van der Waals surface area contributed by atoms with Crippen LogP contribution in [-0.2, 0) is 17.6 Å². The Kier molecular flexibility index (Phi) is 8.10. The largest absolute Gasteiger partial charge is 0.496 e. The van der Waals surface area contributed by atoms with E-state index < -0.39 is 5.91 Å². The maximum absolute atomic E-state index is 12.6. The number of aryl methyl sites for hydroxylation is 1. The predicted molar refractivity (Wildman–Crippen MR) is 133 cm³/mol. The molecule has 1 N–H and O–H groups in total. The van der Waals surface area contributed by atoms with Gasteiger partial charge in [-0.2, -0.15) is 5.26 Å². The zero-order chi connectivity index (χ0) is 23.1. The fourth-order valence-electron chi connectivity index (χ4n) is 3.24. The van der Waals surface area contributed by atoms with Crippen LogP contribution in [0.4, 0.5) is 5.69 Å². The average Bonchev–Trinajstić information content (AvgIpc) is 2.80. The van der Waals surface area contributed by atoms with E-state index in [1.165, 1.54) is 11.6 Å².